The Kier molecular flexibility index (Phi) is 3.79. The molecule has 0 aromatic heterocycles. The molecule has 0 aliphatic heterocycles. The van der Waals surface area contributed by atoms with E-state index >= 15 is 0 Å². The van der Waals surface area contributed by atoms with E-state index in [1.807, 2.05) is 0 Å². The molecular weight excluding hydrogens is 287 g/mol. The number of hydrogen-bond acceptors (Lipinski definition) is 4. The molecule has 0 unspecified atom stereocenters. The normalized spacial score (nSPS) is 11.5. The second-order valence-electron chi connectivity index (χ2n) is 3.80. The van der Waals surface area contributed by atoms with Gasteiger partial charge in [-0.3, -0.25) is 0 Å². The van der Waals surface area contributed by atoms with Crippen LogP contribution >= 0.6 is 11.8 Å². The molecule has 2 aromatic carbocycles. The predicted molar refractivity (Wildman–Crippen MR) is 72.8 cm³/mol. The largest absolute Gasteiger partial charge is 0.398 e. The van der Waals surface area contributed by atoms with Gasteiger partial charge in [-0.1, -0.05) is 17.8 Å². The molecule has 19 heavy (non-hydrogen) atoms. The van der Waals surface area contributed by atoms with Crippen molar-refractivity contribution in [2.45, 2.75) is 14.7 Å². The lowest BCUT2D eigenvalue weighted by atomic mass is 10.3. The van der Waals surface area contributed by atoms with Gasteiger partial charge in [0.15, 0.2) is 0 Å². The first-order chi connectivity index (χ1) is 8.86. The summed E-state index contributed by atoms with van der Waals surface area (Å²) >= 11 is 1.25. The highest BCUT2D eigenvalue weighted by Gasteiger charge is 2.10. The average molecular weight is 298 g/mol. The minimum absolute atomic E-state index is 0.0476. The lowest BCUT2D eigenvalue weighted by Gasteiger charge is -2.07. The minimum Gasteiger partial charge on any atom is -0.398 e. The molecule has 0 saturated heterocycles. The summed E-state index contributed by atoms with van der Waals surface area (Å²) in [6, 6.07) is 10.2. The highest BCUT2D eigenvalue weighted by atomic mass is 32.2. The Morgan fingerprint density at radius 1 is 1.11 bits per heavy atom. The van der Waals surface area contributed by atoms with Crippen LogP contribution in [0.2, 0.25) is 0 Å². The fourth-order valence-corrected chi connectivity index (χ4v) is 2.89. The van der Waals surface area contributed by atoms with Crippen molar-refractivity contribution >= 4 is 27.5 Å². The van der Waals surface area contributed by atoms with E-state index in [9.17, 15) is 12.8 Å². The van der Waals surface area contributed by atoms with Crippen molar-refractivity contribution in [1.29, 1.82) is 0 Å². The van der Waals surface area contributed by atoms with Gasteiger partial charge in [0, 0.05) is 15.5 Å². The van der Waals surface area contributed by atoms with Crippen LogP contribution in [0.1, 0.15) is 0 Å². The molecule has 0 aliphatic carbocycles. The quantitative estimate of drug-likeness (QED) is 0.851. The molecular formula is C12H11FN2O2S2. The molecule has 4 nitrogen and oxygen atoms in total. The predicted octanol–water partition coefficient (Wildman–Crippen LogP) is 2.21. The van der Waals surface area contributed by atoms with E-state index in [4.69, 9.17) is 10.9 Å². The first kappa shape index (κ1) is 13.9. The number of primary sulfonamides is 1. The van der Waals surface area contributed by atoms with Crippen LogP contribution in [-0.4, -0.2) is 8.42 Å². The van der Waals surface area contributed by atoms with Crippen molar-refractivity contribution in [3.8, 4) is 0 Å². The van der Waals surface area contributed by atoms with E-state index in [0.717, 1.165) is 0 Å². The maximum atomic E-state index is 13.1. The average Bonchev–Trinajstić information content (AvgIpc) is 2.30. The van der Waals surface area contributed by atoms with E-state index < -0.39 is 10.0 Å². The number of anilines is 1. The Balaban J connectivity index is 2.32. The molecule has 2 rings (SSSR count). The fourth-order valence-electron chi connectivity index (χ4n) is 1.45. The summed E-state index contributed by atoms with van der Waals surface area (Å²) in [4.78, 5) is 1.27. The topological polar surface area (TPSA) is 86.2 Å². The Morgan fingerprint density at radius 2 is 1.84 bits per heavy atom. The van der Waals surface area contributed by atoms with E-state index in [1.165, 1.54) is 36.0 Å². The van der Waals surface area contributed by atoms with Crippen LogP contribution in [0.4, 0.5) is 10.1 Å². The number of nitrogen functional groups attached to an aromatic ring is 1. The molecule has 0 amide bonds. The zero-order chi connectivity index (χ0) is 14.0. The lowest BCUT2D eigenvalue weighted by Crippen LogP contribution is -2.12. The molecule has 0 atom stereocenters. The van der Waals surface area contributed by atoms with Gasteiger partial charge in [-0.05, 0) is 36.4 Å². The maximum absolute atomic E-state index is 13.1. The van der Waals surface area contributed by atoms with Gasteiger partial charge in [0.2, 0.25) is 10.0 Å². The summed E-state index contributed by atoms with van der Waals surface area (Å²) in [6.07, 6.45) is 0. The fraction of sp³-hybridized carbons (Fsp3) is 0. The molecule has 7 heteroatoms. The van der Waals surface area contributed by atoms with Gasteiger partial charge in [-0.25, -0.2) is 17.9 Å². The Bertz CT molecular complexity index is 717. The summed E-state index contributed by atoms with van der Waals surface area (Å²) in [5.41, 5.74) is 6.05. The van der Waals surface area contributed by atoms with Gasteiger partial charge >= 0.3 is 0 Å². The maximum Gasteiger partial charge on any atom is 0.238 e. The van der Waals surface area contributed by atoms with Crippen molar-refractivity contribution in [2.24, 2.45) is 5.14 Å². The zero-order valence-corrected chi connectivity index (χ0v) is 11.3. The molecule has 0 fully saturated rings. The summed E-state index contributed by atoms with van der Waals surface area (Å²) in [5.74, 6) is -0.343. The summed E-state index contributed by atoms with van der Waals surface area (Å²) in [7, 11) is -3.77. The van der Waals surface area contributed by atoms with Crippen LogP contribution < -0.4 is 10.9 Å². The van der Waals surface area contributed by atoms with Gasteiger partial charge in [-0.15, -0.1) is 0 Å². The summed E-state index contributed by atoms with van der Waals surface area (Å²) < 4.78 is 35.4. The second kappa shape index (κ2) is 5.20. The molecule has 100 valence electrons. The molecule has 0 saturated carbocycles. The van der Waals surface area contributed by atoms with Crippen molar-refractivity contribution < 1.29 is 12.8 Å². The van der Waals surface area contributed by atoms with Crippen LogP contribution in [0.25, 0.3) is 0 Å². The molecule has 0 heterocycles. The number of sulfonamides is 1. The second-order valence-corrected chi connectivity index (χ2v) is 6.48. The minimum atomic E-state index is -3.77. The number of benzene rings is 2. The Hall–Kier alpha value is -1.57. The Labute approximate surface area is 114 Å². The van der Waals surface area contributed by atoms with Crippen molar-refractivity contribution in [2.75, 3.05) is 5.73 Å². The molecule has 4 N–H and O–H groups in total. The third-order valence-electron chi connectivity index (χ3n) is 2.33. The first-order valence-electron chi connectivity index (χ1n) is 5.22. The molecule has 0 aliphatic rings. The number of nitrogens with two attached hydrogens (primary N) is 2. The van der Waals surface area contributed by atoms with Gasteiger partial charge in [0.1, 0.15) is 5.82 Å². The SMILES string of the molecule is Nc1cc(S(N)(=O)=O)ccc1Sc1cccc(F)c1. The monoisotopic (exact) mass is 298 g/mol. The molecule has 2 aromatic rings. The standard InChI is InChI=1S/C12H11FN2O2S2/c13-8-2-1-3-9(6-8)18-12-5-4-10(7-11(12)14)19(15,16)17/h1-7H,14H2,(H2,15,16,17). The van der Waals surface area contributed by atoms with Crippen LogP contribution in [-0.2, 0) is 10.0 Å². The summed E-state index contributed by atoms with van der Waals surface area (Å²) in [6.45, 7) is 0. The third kappa shape index (κ3) is 3.46. The van der Waals surface area contributed by atoms with Crippen LogP contribution in [0.5, 0.6) is 0 Å². The van der Waals surface area contributed by atoms with Gasteiger partial charge in [0.25, 0.3) is 0 Å². The number of halogens is 1. The van der Waals surface area contributed by atoms with Crippen molar-refractivity contribution in [3.63, 3.8) is 0 Å². The highest BCUT2D eigenvalue weighted by molar-refractivity contribution is 7.99. The summed E-state index contributed by atoms with van der Waals surface area (Å²) in [5, 5.41) is 5.01. The lowest BCUT2D eigenvalue weighted by molar-refractivity contribution is 0.597. The third-order valence-corrected chi connectivity index (χ3v) is 4.33. The van der Waals surface area contributed by atoms with E-state index in [-0.39, 0.29) is 16.4 Å². The number of hydrogen-bond donors (Lipinski definition) is 2. The zero-order valence-electron chi connectivity index (χ0n) is 9.71. The number of rotatable bonds is 3. The smallest absolute Gasteiger partial charge is 0.238 e. The van der Waals surface area contributed by atoms with Crippen molar-refractivity contribution in [3.05, 3.63) is 48.3 Å². The van der Waals surface area contributed by atoms with Crippen molar-refractivity contribution in [1.82, 2.24) is 0 Å². The van der Waals surface area contributed by atoms with Gasteiger partial charge in [-0.2, -0.15) is 0 Å². The highest BCUT2D eigenvalue weighted by Crippen LogP contribution is 2.33. The molecule has 0 bridgehead atoms. The molecule has 0 spiro atoms. The van der Waals surface area contributed by atoms with Crippen LogP contribution in [0, 0.1) is 5.82 Å². The van der Waals surface area contributed by atoms with Gasteiger partial charge in [0.05, 0.1) is 4.90 Å². The van der Waals surface area contributed by atoms with Crippen LogP contribution in [0.15, 0.2) is 57.2 Å². The van der Waals surface area contributed by atoms with E-state index in [0.29, 0.717) is 9.79 Å². The van der Waals surface area contributed by atoms with Crippen LogP contribution in [0.3, 0.4) is 0 Å². The Morgan fingerprint density at radius 3 is 2.42 bits per heavy atom. The van der Waals surface area contributed by atoms with E-state index in [1.54, 1.807) is 18.2 Å². The van der Waals surface area contributed by atoms with E-state index in [2.05, 4.69) is 0 Å². The van der Waals surface area contributed by atoms with Gasteiger partial charge < -0.3 is 5.73 Å². The first-order valence-corrected chi connectivity index (χ1v) is 7.58. The molecule has 0 radical (unpaired) electrons.